The van der Waals surface area contributed by atoms with Gasteiger partial charge in [0.1, 0.15) is 5.88 Å². The first-order valence-corrected chi connectivity index (χ1v) is 7.22. The highest BCUT2D eigenvalue weighted by Crippen LogP contribution is 1.99. The normalized spacial score (nSPS) is 17.0. The summed E-state index contributed by atoms with van der Waals surface area (Å²) in [6, 6.07) is 10.3. The fourth-order valence-electron chi connectivity index (χ4n) is 2.29. The first-order chi connectivity index (χ1) is 9.29. The van der Waals surface area contributed by atoms with E-state index in [0.717, 1.165) is 32.7 Å². The molecule has 0 saturated carbocycles. The van der Waals surface area contributed by atoms with E-state index in [-0.39, 0.29) is 11.8 Å². The average Bonchev–Trinajstić information content (AvgIpc) is 2.48. The minimum Gasteiger partial charge on any atom is -0.330 e. The number of rotatable bonds is 4. The molecule has 1 aliphatic rings. The van der Waals surface area contributed by atoms with Gasteiger partial charge in [-0.3, -0.25) is 4.79 Å². The summed E-state index contributed by atoms with van der Waals surface area (Å²) < 4.78 is 0. The Morgan fingerprint density at radius 3 is 2.58 bits per heavy atom. The molecule has 0 radical (unpaired) electrons. The highest BCUT2D eigenvalue weighted by atomic mass is 35.5. The summed E-state index contributed by atoms with van der Waals surface area (Å²) in [5, 5.41) is 0. The molecule has 0 unspecified atom stereocenters. The van der Waals surface area contributed by atoms with Gasteiger partial charge in [0.05, 0.1) is 32.7 Å². The molecule has 0 aliphatic carbocycles. The molecule has 4 heteroatoms. The number of carbonyl (C=O) groups excluding carboxylic acids is 1. The lowest BCUT2D eigenvalue weighted by molar-refractivity contribution is -0.898. The number of amides is 1. The standard InChI is InChI=1S/C15H19ClN2O/c16-13-15(19)18-11-9-17(10-12-18)8-4-7-14-5-2-1-3-6-14/h1-7H,8-13H2/p+1/b7-4+. The summed E-state index contributed by atoms with van der Waals surface area (Å²) in [6.45, 7) is 4.65. The fraction of sp³-hybridized carbons (Fsp3) is 0.400. The predicted octanol–water partition coefficient (Wildman–Crippen LogP) is 0.666. The SMILES string of the molecule is O=C(CCl)N1CC[NH+](C/C=C/c2ccccc2)CC1. The quantitative estimate of drug-likeness (QED) is 0.805. The van der Waals surface area contributed by atoms with Crippen LogP contribution in [0.1, 0.15) is 5.56 Å². The van der Waals surface area contributed by atoms with Crippen LogP contribution in [0.2, 0.25) is 0 Å². The maximum absolute atomic E-state index is 11.4. The molecular formula is C15H20ClN2O+. The van der Waals surface area contributed by atoms with Gasteiger partial charge in [-0.2, -0.15) is 0 Å². The molecule has 2 rings (SSSR count). The van der Waals surface area contributed by atoms with Gasteiger partial charge in [-0.05, 0) is 11.6 Å². The lowest BCUT2D eigenvalue weighted by Crippen LogP contribution is -3.14. The van der Waals surface area contributed by atoms with Crippen molar-refractivity contribution < 1.29 is 9.69 Å². The molecule has 102 valence electrons. The second-order valence-corrected chi connectivity index (χ2v) is 5.05. The van der Waals surface area contributed by atoms with Crippen molar-refractivity contribution in [3.63, 3.8) is 0 Å². The van der Waals surface area contributed by atoms with Gasteiger partial charge >= 0.3 is 0 Å². The monoisotopic (exact) mass is 279 g/mol. The molecule has 1 saturated heterocycles. The molecule has 0 spiro atoms. The van der Waals surface area contributed by atoms with E-state index in [0.29, 0.717) is 0 Å². The second-order valence-electron chi connectivity index (χ2n) is 4.78. The minimum atomic E-state index is 0.0561. The summed E-state index contributed by atoms with van der Waals surface area (Å²) in [5.41, 5.74) is 1.23. The number of benzene rings is 1. The van der Waals surface area contributed by atoms with Crippen LogP contribution in [0.15, 0.2) is 36.4 Å². The van der Waals surface area contributed by atoms with Crippen LogP contribution >= 0.6 is 11.6 Å². The van der Waals surface area contributed by atoms with Crippen molar-refractivity contribution in [3.05, 3.63) is 42.0 Å². The summed E-state index contributed by atoms with van der Waals surface area (Å²) in [4.78, 5) is 14.8. The van der Waals surface area contributed by atoms with Gasteiger partial charge in [-0.1, -0.05) is 36.4 Å². The van der Waals surface area contributed by atoms with Crippen LogP contribution < -0.4 is 4.90 Å². The lowest BCUT2D eigenvalue weighted by Gasteiger charge is -2.31. The van der Waals surface area contributed by atoms with Crippen LogP contribution in [0.3, 0.4) is 0 Å². The average molecular weight is 280 g/mol. The summed E-state index contributed by atoms with van der Waals surface area (Å²) >= 11 is 5.56. The Hall–Kier alpha value is -1.32. The zero-order valence-electron chi connectivity index (χ0n) is 11.0. The molecule has 1 fully saturated rings. The van der Waals surface area contributed by atoms with Crippen LogP contribution in [0.25, 0.3) is 6.08 Å². The zero-order chi connectivity index (χ0) is 13.5. The third-order valence-electron chi connectivity index (χ3n) is 3.45. The van der Waals surface area contributed by atoms with E-state index in [1.807, 2.05) is 23.1 Å². The fourth-order valence-corrected chi connectivity index (χ4v) is 2.46. The Bertz CT molecular complexity index is 425. The number of quaternary nitrogens is 1. The molecule has 3 nitrogen and oxygen atoms in total. The first-order valence-electron chi connectivity index (χ1n) is 6.68. The third-order valence-corrected chi connectivity index (χ3v) is 3.68. The van der Waals surface area contributed by atoms with Crippen molar-refractivity contribution in [2.24, 2.45) is 0 Å². The van der Waals surface area contributed by atoms with E-state index < -0.39 is 0 Å². The molecule has 0 bridgehead atoms. The Morgan fingerprint density at radius 1 is 1.26 bits per heavy atom. The Labute approximate surface area is 119 Å². The van der Waals surface area contributed by atoms with Gasteiger partial charge < -0.3 is 9.80 Å². The van der Waals surface area contributed by atoms with Gasteiger partial charge in [0.25, 0.3) is 0 Å². The first kappa shape index (κ1) is 14.1. The minimum absolute atomic E-state index is 0.0561. The van der Waals surface area contributed by atoms with Crippen LogP contribution in [-0.4, -0.2) is 49.4 Å². The number of hydrogen-bond acceptors (Lipinski definition) is 1. The Morgan fingerprint density at radius 2 is 1.95 bits per heavy atom. The highest BCUT2D eigenvalue weighted by Gasteiger charge is 2.21. The molecule has 1 N–H and O–H groups in total. The van der Waals surface area contributed by atoms with Crippen molar-refractivity contribution in [2.45, 2.75) is 0 Å². The van der Waals surface area contributed by atoms with E-state index in [1.54, 1.807) is 0 Å². The summed E-state index contributed by atoms with van der Waals surface area (Å²) in [6.07, 6.45) is 4.37. The summed E-state index contributed by atoms with van der Waals surface area (Å²) in [7, 11) is 0. The van der Waals surface area contributed by atoms with E-state index in [2.05, 4.69) is 24.3 Å². The van der Waals surface area contributed by atoms with Crippen molar-refractivity contribution in [3.8, 4) is 0 Å². The smallest absolute Gasteiger partial charge is 0.237 e. The molecule has 19 heavy (non-hydrogen) atoms. The number of alkyl halides is 1. The van der Waals surface area contributed by atoms with Crippen LogP contribution in [-0.2, 0) is 4.79 Å². The molecule has 1 aliphatic heterocycles. The van der Waals surface area contributed by atoms with E-state index in [9.17, 15) is 4.79 Å². The number of piperazine rings is 1. The highest BCUT2D eigenvalue weighted by molar-refractivity contribution is 6.27. The Kier molecular flexibility index (Phi) is 5.43. The van der Waals surface area contributed by atoms with Gasteiger partial charge in [0, 0.05) is 0 Å². The molecule has 0 atom stereocenters. The van der Waals surface area contributed by atoms with Gasteiger partial charge in [-0.25, -0.2) is 0 Å². The zero-order valence-corrected chi connectivity index (χ0v) is 11.8. The predicted molar refractivity (Wildman–Crippen MR) is 78.3 cm³/mol. The van der Waals surface area contributed by atoms with Crippen molar-refractivity contribution in [2.75, 3.05) is 38.6 Å². The van der Waals surface area contributed by atoms with Gasteiger partial charge in [0.2, 0.25) is 5.91 Å². The Balaban J connectivity index is 1.74. The number of carbonyl (C=O) groups is 1. The third kappa shape index (κ3) is 4.37. The lowest BCUT2D eigenvalue weighted by atomic mass is 10.2. The number of nitrogens with zero attached hydrogens (tertiary/aromatic N) is 1. The van der Waals surface area contributed by atoms with Crippen molar-refractivity contribution >= 4 is 23.6 Å². The van der Waals surface area contributed by atoms with E-state index in [1.165, 1.54) is 10.5 Å². The van der Waals surface area contributed by atoms with E-state index in [4.69, 9.17) is 11.6 Å². The maximum Gasteiger partial charge on any atom is 0.237 e. The van der Waals surface area contributed by atoms with Crippen molar-refractivity contribution in [1.29, 1.82) is 0 Å². The largest absolute Gasteiger partial charge is 0.330 e. The molecule has 1 aromatic carbocycles. The van der Waals surface area contributed by atoms with Crippen LogP contribution in [0.4, 0.5) is 0 Å². The van der Waals surface area contributed by atoms with Gasteiger partial charge in [0.15, 0.2) is 0 Å². The topological polar surface area (TPSA) is 24.8 Å². The van der Waals surface area contributed by atoms with Crippen LogP contribution in [0, 0.1) is 0 Å². The number of halogens is 1. The second kappa shape index (κ2) is 7.31. The number of hydrogen-bond donors (Lipinski definition) is 1. The van der Waals surface area contributed by atoms with Crippen molar-refractivity contribution in [1.82, 2.24) is 4.90 Å². The number of nitrogens with one attached hydrogen (secondary N) is 1. The van der Waals surface area contributed by atoms with E-state index >= 15 is 0 Å². The van der Waals surface area contributed by atoms with Crippen LogP contribution in [0.5, 0.6) is 0 Å². The molecular weight excluding hydrogens is 260 g/mol. The van der Waals surface area contributed by atoms with Gasteiger partial charge in [-0.15, -0.1) is 11.6 Å². The summed E-state index contributed by atoms with van der Waals surface area (Å²) in [5.74, 6) is 0.156. The molecule has 1 amide bonds. The molecule has 1 heterocycles. The molecule has 0 aromatic heterocycles. The maximum atomic E-state index is 11.4. The molecule has 1 aromatic rings.